The van der Waals surface area contributed by atoms with Crippen molar-refractivity contribution in [3.05, 3.63) is 46.2 Å². The van der Waals surface area contributed by atoms with Gasteiger partial charge in [0.15, 0.2) is 0 Å². The fraction of sp³-hybridized carbons (Fsp3) is 0.0909. The van der Waals surface area contributed by atoms with E-state index >= 15 is 0 Å². The van der Waals surface area contributed by atoms with E-state index in [0.29, 0.717) is 5.69 Å². The Kier molecular flexibility index (Phi) is 3.61. The molecule has 19 heavy (non-hydrogen) atoms. The van der Waals surface area contributed by atoms with E-state index in [0.717, 1.165) is 6.07 Å². The first kappa shape index (κ1) is 13.6. The first-order valence-corrected chi connectivity index (χ1v) is 5.84. The number of H-pyrrole nitrogens is 1. The molecule has 1 aromatic heterocycles. The highest BCUT2D eigenvalue weighted by Crippen LogP contribution is 2.35. The molecule has 0 aliphatic rings. The number of hydrogen-bond acceptors (Lipinski definition) is 2. The van der Waals surface area contributed by atoms with Crippen molar-refractivity contribution in [1.82, 2.24) is 10.2 Å². The van der Waals surface area contributed by atoms with Gasteiger partial charge in [-0.1, -0.05) is 15.9 Å². The van der Waals surface area contributed by atoms with Crippen LogP contribution in [0.2, 0.25) is 0 Å². The Morgan fingerprint density at radius 2 is 2.11 bits per heavy atom. The van der Waals surface area contributed by atoms with Crippen LogP contribution in [0.4, 0.5) is 18.9 Å². The molecule has 0 atom stereocenters. The highest BCUT2D eigenvalue weighted by molar-refractivity contribution is 9.10. The summed E-state index contributed by atoms with van der Waals surface area (Å²) in [6.07, 6.45) is -1.76. The monoisotopic (exact) mass is 333 g/mol. The lowest BCUT2D eigenvalue weighted by molar-refractivity contribution is -0.138. The lowest BCUT2D eigenvalue weighted by atomic mass is 10.1. The molecule has 8 heteroatoms. The summed E-state index contributed by atoms with van der Waals surface area (Å²) in [5.74, 6) is -0.639. The van der Waals surface area contributed by atoms with Crippen LogP contribution in [0.1, 0.15) is 15.9 Å². The van der Waals surface area contributed by atoms with Gasteiger partial charge < -0.3 is 5.32 Å². The number of benzene rings is 1. The molecule has 1 amide bonds. The molecular formula is C11H7BrF3N3O. The molecule has 0 saturated heterocycles. The van der Waals surface area contributed by atoms with E-state index < -0.39 is 17.6 Å². The SMILES string of the molecule is O=C(Nc1cn[nH]c1)c1ccc(Br)c(C(F)(F)F)c1. The molecule has 4 nitrogen and oxygen atoms in total. The molecule has 0 saturated carbocycles. The standard InChI is InChI=1S/C11H7BrF3N3O/c12-9-2-1-6(3-8(9)11(13,14)15)10(19)18-7-4-16-17-5-7/h1-5H,(H,16,17)(H,18,19). The molecule has 0 fully saturated rings. The minimum Gasteiger partial charge on any atom is -0.319 e. The number of amides is 1. The van der Waals surface area contributed by atoms with Crippen molar-refractivity contribution in [2.45, 2.75) is 6.18 Å². The highest BCUT2D eigenvalue weighted by atomic mass is 79.9. The molecule has 1 aromatic carbocycles. The number of carbonyl (C=O) groups is 1. The Bertz CT molecular complexity index is 596. The Hall–Kier alpha value is -1.83. The Morgan fingerprint density at radius 3 is 2.68 bits per heavy atom. The number of alkyl halides is 3. The van der Waals surface area contributed by atoms with E-state index in [-0.39, 0.29) is 10.0 Å². The van der Waals surface area contributed by atoms with Crippen LogP contribution < -0.4 is 5.32 Å². The van der Waals surface area contributed by atoms with Gasteiger partial charge in [-0.25, -0.2) is 0 Å². The maximum Gasteiger partial charge on any atom is 0.417 e. The van der Waals surface area contributed by atoms with Crippen molar-refractivity contribution < 1.29 is 18.0 Å². The number of nitrogens with zero attached hydrogens (tertiary/aromatic N) is 1. The Balaban J connectivity index is 2.28. The van der Waals surface area contributed by atoms with Gasteiger partial charge in [0.25, 0.3) is 5.91 Å². The molecule has 0 spiro atoms. The predicted molar refractivity (Wildman–Crippen MR) is 65.7 cm³/mol. The molecule has 0 unspecified atom stereocenters. The van der Waals surface area contributed by atoms with E-state index in [2.05, 4.69) is 31.4 Å². The second-order valence-corrected chi connectivity index (χ2v) is 4.49. The minimum atomic E-state index is -4.52. The van der Waals surface area contributed by atoms with Gasteiger partial charge in [-0.2, -0.15) is 18.3 Å². The van der Waals surface area contributed by atoms with Crippen LogP contribution in [0.3, 0.4) is 0 Å². The van der Waals surface area contributed by atoms with Crippen LogP contribution in [-0.4, -0.2) is 16.1 Å². The van der Waals surface area contributed by atoms with Gasteiger partial charge in [0, 0.05) is 16.2 Å². The molecule has 100 valence electrons. The van der Waals surface area contributed by atoms with Crippen molar-refractivity contribution in [3.8, 4) is 0 Å². The molecule has 1 heterocycles. The molecule has 0 aliphatic heterocycles. The van der Waals surface area contributed by atoms with Crippen LogP contribution in [0.25, 0.3) is 0 Å². The summed E-state index contributed by atoms with van der Waals surface area (Å²) in [6, 6.07) is 3.28. The molecule has 2 rings (SSSR count). The fourth-order valence-electron chi connectivity index (χ4n) is 1.41. The topological polar surface area (TPSA) is 57.8 Å². The molecule has 0 aliphatic carbocycles. The fourth-order valence-corrected chi connectivity index (χ4v) is 1.88. The summed E-state index contributed by atoms with van der Waals surface area (Å²) in [6.45, 7) is 0. The van der Waals surface area contributed by atoms with Gasteiger partial charge in [0.05, 0.1) is 17.4 Å². The number of aromatic nitrogens is 2. The van der Waals surface area contributed by atoms with Gasteiger partial charge in [0.1, 0.15) is 0 Å². The van der Waals surface area contributed by atoms with Crippen LogP contribution in [-0.2, 0) is 6.18 Å². The molecule has 0 radical (unpaired) electrons. The number of rotatable bonds is 2. The second-order valence-electron chi connectivity index (χ2n) is 3.63. The molecule has 2 aromatic rings. The van der Waals surface area contributed by atoms with Crippen LogP contribution in [0.5, 0.6) is 0 Å². The smallest absolute Gasteiger partial charge is 0.319 e. The van der Waals surface area contributed by atoms with Crippen LogP contribution in [0, 0.1) is 0 Å². The second kappa shape index (κ2) is 5.04. The zero-order valence-electron chi connectivity index (χ0n) is 9.25. The van der Waals surface area contributed by atoms with Crippen LogP contribution >= 0.6 is 15.9 Å². The summed E-state index contributed by atoms with van der Waals surface area (Å²) in [4.78, 5) is 11.8. The lowest BCUT2D eigenvalue weighted by Gasteiger charge is -2.10. The van der Waals surface area contributed by atoms with Crippen molar-refractivity contribution in [2.75, 3.05) is 5.32 Å². The maximum atomic E-state index is 12.7. The molecular weight excluding hydrogens is 327 g/mol. The van der Waals surface area contributed by atoms with Crippen LogP contribution in [0.15, 0.2) is 35.1 Å². The van der Waals surface area contributed by atoms with E-state index in [1.54, 1.807) is 0 Å². The van der Waals surface area contributed by atoms with Crippen molar-refractivity contribution >= 4 is 27.5 Å². The number of halogens is 4. The third kappa shape index (κ3) is 3.14. The average Bonchev–Trinajstić information content (AvgIpc) is 2.80. The number of anilines is 1. The first-order valence-electron chi connectivity index (χ1n) is 5.05. The van der Waals surface area contributed by atoms with E-state index in [1.165, 1.54) is 24.5 Å². The Labute approximate surface area is 114 Å². The zero-order valence-corrected chi connectivity index (χ0v) is 10.8. The third-order valence-electron chi connectivity index (χ3n) is 2.29. The van der Waals surface area contributed by atoms with E-state index in [1.807, 2.05) is 0 Å². The van der Waals surface area contributed by atoms with E-state index in [9.17, 15) is 18.0 Å². The first-order chi connectivity index (χ1) is 8.88. The van der Waals surface area contributed by atoms with Gasteiger partial charge in [-0.15, -0.1) is 0 Å². The number of nitrogens with one attached hydrogen (secondary N) is 2. The largest absolute Gasteiger partial charge is 0.417 e. The minimum absolute atomic E-state index is 0.0864. The van der Waals surface area contributed by atoms with E-state index in [4.69, 9.17) is 0 Å². The normalized spacial score (nSPS) is 11.4. The summed E-state index contributed by atoms with van der Waals surface area (Å²) < 4.78 is 38.0. The summed E-state index contributed by atoms with van der Waals surface area (Å²) in [5, 5.41) is 8.51. The number of hydrogen-bond donors (Lipinski definition) is 2. The Morgan fingerprint density at radius 1 is 1.37 bits per heavy atom. The maximum absolute atomic E-state index is 12.7. The quantitative estimate of drug-likeness (QED) is 0.884. The number of carbonyl (C=O) groups excluding carboxylic acids is 1. The van der Waals surface area contributed by atoms with Gasteiger partial charge in [0.2, 0.25) is 0 Å². The lowest BCUT2D eigenvalue weighted by Crippen LogP contribution is -2.14. The van der Waals surface area contributed by atoms with Crippen molar-refractivity contribution in [3.63, 3.8) is 0 Å². The van der Waals surface area contributed by atoms with Gasteiger partial charge >= 0.3 is 6.18 Å². The summed E-state index contributed by atoms with van der Waals surface area (Å²) in [7, 11) is 0. The average molecular weight is 334 g/mol. The molecule has 2 N–H and O–H groups in total. The predicted octanol–water partition coefficient (Wildman–Crippen LogP) is 3.44. The summed E-state index contributed by atoms with van der Waals surface area (Å²) >= 11 is 2.81. The van der Waals surface area contributed by atoms with Crippen molar-refractivity contribution in [1.29, 1.82) is 0 Å². The van der Waals surface area contributed by atoms with Crippen molar-refractivity contribution in [2.24, 2.45) is 0 Å². The summed E-state index contributed by atoms with van der Waals surface area (Å²) in [5.41, 5.74) is -0.606. The zero-order chi connectivity index (χ0) is 14.0. The molecule has 0 bridgehead atoms. The third-order valence-corrected chi connectivity index (χ3v) is 2.98. The van der Waals surface area contributed by atoms with Gasteiger partial charge in [-0.05, 0) is 18.2 Å². The van der Waals surface area contributed by atoms with Gasteiger partial charge in [-0.3, -0.25) is 9.89 Å². The number of aromatic amines is 1. The highest BCUT2D eigenvalue weighted by Gasteiger charge is 2.33.